The van der Waals surface area contributed by atoms with E-state index in [2.05, 4.69) is 13.0 Å². The highest BCUT2D eigenvalue weighted by Gasteiger charge is 2.36. The summed E-state index contributed by atoms with van der Waals surface area (Å²) in [6.45, 7) is 7.52. The topological polar surface area (TPSA) is 58.4 Å². The van der Waals surface area contributed by atoms with Gasteiger partial charge in [-0.3, -0.25) is 9.59 Å². The molecular weight excluding hydrogens is 460 g/mol. The first-order valence-corrected chi connectivity index (χ1v) is 13.1. The molecule has 1 aliphatic rings. The molecule has 0 aliphatic carbocycles. The summed E-state index contributed by atoms with van der Waals surface area (Å²) < 4.78 is 2.03. The number of nitrogens with zero attached hydrogens (tertiary/aromatic N) is 4. The minimum Gasteiger partial charge on any atom is -0.334 e. The molecule has 1 aromatic heterocycles. The third-order valence-corrected chi connectivity index (χ3v) is 7.27. The molecular formula is C31H34N4O2. The fraction of sp³-hybridized carbons (Fsp3) is 0.323. The van der Waals surface area contributed by atoms with Gasteiger partial charge in [-0.15, -0.1) is 0 Å². The lowest BCUT2D eigenvalue weighted by molar-refractivity contribution is -0.134. The van der Waals surface area contributed by atoms with Gasteiger partial charge in [0.25, 0.3) is 0 Å². The van der Waals surface area contributed by atoms with Gasteiger partial charge >= 0.3 is 0 Å². The molecule has 2 amide bonds. The Hall–Kier alpha value is -3.93. The first-order chi connectivity index (χ1) is 18.0. The number of benzene rings is 3. The van der Waals surface area contributed by atoms with Crippen molar-refractivity contribution in [1.29, 1.82) is 0 Å². The standard InChI is InChI=1S/C31H34N4O2/c1-4-24-14-8-10-16-27(24)34-20-25(18-29(34)36)31-32-26-15-9-11-17-28(26)35(31)21-30(37)33(22(2)3)19-23-12-6-5-7-13-23/h5-17,22,25H,4,18-21H2,1-3H3. The summed E-state index contributed by atoms with van der Waals surface area (Å²) in [5.41, 5.74) is 5.02. The zero-order chi connectivity index (χ0) is 25.9. The van der Waals surface area contributed by atoms with Crippen molar-refractivity contribution in [2.75, 3.05) is 11.4 Å². The Kier molecular flexibility index (Phi) is 7.08. The highest BCUT2D eigenvalue weighted by molar-refractivity contribution is 5.97. The average Bonchev–Trinajstić information content (AvgIpc) is 3.48. The van der Waals surface area contributed by atoms with Crippen LogP contribution in [-0.2, 0) is 29.1 Å². The molecule has 0 saturated carbocycles. The largest absolute Gasteiger partial charge is 0.334 e. The van der Waals surface area contributed by atoms with Gasteiger partial charge in [-0.05, 0) is 49.6 Å². The first kappa shape index (κ1) is 24.8. The Morgan fingerprint density at radius 3 is 2.46 bits per heavy atom. The van der Waals surface area contributed by atoms with Gasteiger partial charge in [0.1, 0.15) is 12.4 Å². The van der Waals surface area contributed by atoms with Gasteiger partial charge in [-0.25, -0.2) is 4.98 Å². The number of imidazole rings is 1. The number of aryl methyl sites for hydroxylation is 1. The number of hydrogen-bond donors (Lipinski definition) is 0. The van der Waals surface area contributed by atoms with Crippen molar-refractivity contribution < 1.29 is 9.59 Å². The van der Waals surface area contributed by atoms with Gasteiger partial charge in [-0.2, -0.15) is 0 Å². The lowest BCUT2D eigenvalue weighted by Crippen LogP contribution is -2.39. The molecule has 0 bridgehead atoms. The van der Waals surface area contributed by atoms with E-state index in [1.165, 1.54) is 0 Å². The monoisotopic (exact) mass is 494 g/mol. The molecule has 1 aliphatic heterocycles. The third kappa shape index (κ3) is 5.01. The molecule has 3 aromatic carbocycles. The molecule has 190 valence electrons. The molecule has 0 spiro atoms. The van der Waals surface area contributed by atoms with E-state index in [0.29, 0.717) is 19.5 Å². The number of hydrogen-bond acceptors (Lipinski definition) is 3. The predicted octanol–water partition coefficient (Wildman–Crippen LogP) is 5.56. The summed E-state index contributed by atoms with van der Waals surface area (Å²) >= 11 is 0. The molecule has 4 aromatic rings. The summed E-state index contributed by atoms with van der Waals surface area (Å²) in [6.07, 6.45) is 1.25. The number of aromatic nitrogens is 2. The normalized spacial score (nSPS) is 15.6. The Bertz CT molecular complexity index is 1410. The van der Waals surface area contributed by atoms with Gasteiger partial charge < -0.3 is 14.4 Å². The number of para-hydroxylation sites is 3. The molecule has 37 heavy (non-hydrogen) atoms. The van der Waals surface area contributed by atoms with E-state index in [-0.39, 0.29) is 30.3 Å². The van der Waals surface area contributed by atoms with Crippen LogP contribution >= 0.6 is 0 Å². The molecule has 5 rings (SSSR count). The fourth-order valence-electron chi connectivity index (χ4n) is 5.32. The minimum atomic E-state index is -0.0840. The van der Waals surface area contributed by atoms with Crippen LogP contribution < -0.4 is 4.90 Å². The number of anilines is 1. The van der Waals surface area contributed by atoms with E-state index in [9.17, 15) is 9.59 Å². The molecule has 1 fully saturated rings. The smallest absolute Gasteiger partial charge is 0.243 e. The van der Waals surface area contributed by atoms with E-state index < -0.39 is 0 Å². The van der Waals surface area contributed by atoms with Crippen molar-refractivity contribution in [3.05, 3.63) is 95.8 Å². The number of fused-ring (bicyclic) bond motifs is 1. The molecule has 6 heteroatoms. The lowest BCUT2D eigenvalue weighted by Gasteiger charge is -2.28. The minimum absolute atomic E-state index is 0.0424. The summed E-state index contributed by atoms with van der Waals surface area (Å²) in [7, 11) is 0. The quantitative estimate of drug-likeness (QED) is 0.322. The predicted molar refractivity (Wildman–Crippen MR) is 147 cm³/mol. The summed E-state index contributed by atoms with van der Waals surface area (Å²) in [6, 6.07) is 26.2. The Balaban J connectivity index is 1.46. The van der Waals surface area contributed by atoms with Crippen molar-refractivity contribution in [2.45, 2.75) is 58.7 Å². The van der Waals surface area contributed by atoms with Gasteiger partial charge in [0, 0.05) is 37.2 Å². The highest BCUT2D eigenvalue weighted by Crippen LogP contribution is 2.35. The summed E-state index contributed by atoms with van der Waals surface area (Å²) in [5.74, 6) is 0.867. The number of amides is 2. The number of carbonyl (C=O) groups is 2. The molecule has 0 N–H and O–H groups in total. The van der Waals surface area contributed by atoms with Gasteiger partial charge in [0.2, 0.25) is 11.8 Å². The molecule has 1 unspecified atom stereocenters. The molecule has 0 radical (unpaired) electrons. The van der Waals surface area contributed by atoms with Crippen LogP contribution in [0.4, 0.5) is 5.69 Å². The zero-order valence-corrected chi connectivity index (χ0v) is 21.8. The van der Waals surface area contributed by atoms with Gasteiger partial charge in [0.15, 0.2) is 0 Å². The van der Waals surface area contributed by atoms with E-state index >= 15 is 0 Å². The van der Waals surface area contributed by atoms with Gasteiger partial charge in [-0.1, -0.05) is 67.6 Å². The Morgan fingerprint density at radius 2 is 1.70 bits per heavy atom. The molecule has 1 atom stereocenters. The van der Waals surface area contributed by atoms with Crippen molar-refractivity contribution in [2.24, 2.45) is 0 Å². The maximum absolute atomic E-state index is 13.7. The lowest BCUT2D eigenvalue weighted by atomic mass is 10.1. The average molecular weight is 495 g/mol. The number of carbonyl (C=O) groups excluding carboxylic acids is 2. The summed E-state index contributed by atoms with van der Waals surface area (Å²) in [5, 5.41) is 0. The van der Waals surface area contributed by atoms with Crippen molar-refractivity contribution in [3.8, 4) is 0 Å². The highest BCUT2D eigenvalue weighted by atomic mass is 16.2. The fourth-order valence-corrected chi connectivity index (χ4v) is 5.32. The van der Waals surface area contributed by atoms with Crippen LogP contribution in [0.2, 0.25) is 0 Å². The van der Waals surface area contributed by atoms with Crippen molar-refractivity contribution in [1.82, 2.24) is 14.5 Å². The van der Waals surface area contributed by atoms with Crippen LogP contribution in [0.25, 0.3) is 11.0 Å². The van der Waals surface area contributed by atoms with E-state index in [0.717, 1.165) is 40.1 Å². The van der Waals surface area contributed by atoms with Crippen LogP contribution in [0.3, 0.4) is 0 Å². The first-order valence-electron chi connectivity index (χ1n) is 13.1. The summed E-state index contributed by atoms with van der Waals surface area (Å²) in [4.78, 5) is 35.7. The molecule has 1 saturated heterocycles. The number of rotatable bonds is 8. The van der Waals surface area contributed by atoms with E-state index in [1.807, 2.05) is 101 Å². The maximum atomic E-state index is 13.7. The van der Waals surface area contributed by atoms with E-state index in [4.69, 9.17) is 4.98 Å². The Morgan fingerprint density at radius 1 is 1.00 bits per heavy atom. The van der Waals surface area contributed by atoms with Crippen LogP contribution in [0.15, 0.2) is 78.9 Å². The second kappa shape index (κ2) is 10.6. The van der Waals surface area contributed by atoms with Crippen LogP contribution in [0.1, 0.15) is 50.1 Å². The Labute approximate surface area is 218 Å². The second-order valence-corrected chi connectivity index (χ2v) is 10.0. The zero-order valence-electron chi connectivity index (χ0n) is 21.8. The van der Waals surface area contributed by atoms with Crippen molar-refractivity contribution in [3.63, 3.8) is 0 Å². The maximum Gasteiger partial charge on any atom is 0.243 e. The second-order valence-electron chi connectivity index (χ2n) is 10.0. The van der Waals surface area contributed by atoms with E-state index in [1.54, 1.807) is 0 Å². The molecule has 6 nitrogen and oxygen atoms in total. The van der Waals surface area contributed by atoms with Crippen molar-refractivity contribution >= 4 is 28.5 Å². The molecule has 2 heterocycles. The third-order valence-electron chi connectivity index (χ3n) is 7.27. The van der Waals surface area contributed by atoms with Gasteiger partial charge in [0.05, 0.1) is 11.0 Å². The van der Waals surface area contributed by atoms with Crippen LogP contribution in [0.5, 0.6) is 0 Å². The van der Waals surface area contributed by atoms with Crippen LogP contribution in [-0.4, -0.2) is 38.9 Å². The SMILES string of the molecule is CCc1ccccc1N1CC(c2nc3ccccc3n2CC(=O)N(Cc2ccccc2)C(C)C)CC1=O. The van der Waals surface area contributed by atoms with Crippen LogP contribution in [0, 0.1) is 0 Å².